The van der Waals surface area contributed by atoms with Crippen LogP contribution in [0.2, 0.25) is 0 Å². The summed E-state index contributed by atoms with van der Waals surface area (Å²) in [5.74, 6) is 1.39. The first-order valence-corrected chi connectivity index (χ1v) is 11.2. The number of aliphatic hydroxyl groups is 1. The van der Waals surface area contributed by atoms with Crippen LogP contribution in [0.5, 0.6) is 5.75 Å². The zero-order valence-electron chi connectivity index (χ0n) is 17.2. The fourth-order valence-corrected chi connectivity index (χ4v) is 5.16. The molecule has 0 spiro atoms. The number of aromatic nitrogens is 1. The number of aliphatic hydroxyl groups excluding tert-OH is 1. The number of aryl methyl sites for hydroxylation is 3. The van der Waals surface area contributed by atoms with E-state index in [-0.39, 0.29) is 12.4 Å². The van der Waals surface area contributed by atoms with Gasteiger partial charge >= 0.3 is 6.18 Å². The SMILES string of the molecule is Cc1cc(SCc2sc(-c3ccc(C(F)(F)F)c(C)c3)nc2C)ccc1OCOCO. The highest BCUT2D eigenvalue weighted by Crippen LogP contribution is 2.37. The van der Waals surface area contributed by atoms with Gasteiger partial charge in [-0.3, -0.25) is 0 Å². The van der Waals surface area contributed by atoms with Crippen molar-refractivity contribution >= 4 is 23.1 Å². The van der Waals surface area contributed by atoms with Crippen molar-refractivity contribution in [2.45, 2.75) is 37.6 Å². The number of ether oxygens (including phenoxy) is 2. The number of thioether (sulfide) groups is 1. The van der Waals surface area contributed by atoms with Crippen molar-refractivity contribution < 1.29 is 27.8 Å². The summed E-state index contributed by atoms with van der Waals surface area (Å²) in [5.41, 5.74) is 2.09. The van der Waals surface area contributed by atoms with Crippen LogP contribution in [0.1, 0.15) is 27.3 Å². The van der Waals surface area contributed by atoms with E-state index in [1.807, 2.05) is 32.0 Å². The third-order valence-electron chi connectivity index (χ3n) is 4.58. The minimum atomic E-state index is -4.35. The number of thiazole rings is 1. The van der Waals surface area contributed by atoms with Gasteiger partial charge in [-0.1, -0.05) is 6.07 Å². The first-order valence-electron chi connectivity index (χ1n) is 9.38. The molecule has 0 aliphatic carbocycles. The van der Waals surface area contributed by atoms with Crippen molar-refractivity contribution in [2.75, 3.05) is 13.6 Å². The van der Waals surface area contributed by atoms with Gasteiger partial charge in [0.25, 0.3) is 0 Å². The first-order chi connectivity index (χ1) is 14.7. The van der Waals surface area contributed by atoms with Gasteiger partial charge in [-0.25, -0.2) is 4.98 Å². The van der Waals surface area contributed by atoms with Crippen LogP contribution in [0, 0.1) is 20.8 Å². The lowest BCUT2D eigenvalue weighted by Crippen LogP contribution is -2.07. The van der Waals surface area contributed by atoms with E-state index in [0.29, 0.717) is 22.1 Å². The lowest BCUT2D eigenvalue weighted by atomic mass is 10.1. The fourth-order valence-electron chi connectivity index (χ4n) is 2.97. The number of halogens is 3. The Morgan fingerprint density at radius 3 is 2.48 bits per heavy atom. The Morgan fingerprint density at radius 1 is 1.06 bits per heavy atom. The summed E-state index contributed by atoms with van der Waals surface area (Å²) < 4.78 is 49.2. The molecule has 1 aromatic heterocycles. The van der Waals surface area contributed by atoms with E-state index in [9.17, 15) is 13.2 Å². The zero-order chi connectivity index (χ0) is 22.6. The summed E-state index contributed by atoms with van der Waals surface area (Å²) in [6, 6.07) is 9.95. The first kappa shape index (κ1) is 23.6. The standard InChI is InChI=1S/C22H22F3NO3S2/c1-13-8-16(4-6-18(13)22(23,24)25)21-26-15(3)20(31-21)10-30-17-5-7-19(14(2)9-17)29-12-28-11-27/h4-9,27H,10-12H2,1-3H3. The molecule has 3 aromatic rings. The zero-order valence-corrected chi connectivity index (χ0v) is 18.9. The second-order valence-electron chi connectivity index (χ2n) is 6.87. The van der Waals surface area contributed by atoms with Gasteiger partial charge in [0.05, 0.1) is 11.3 Å². The van der Waals surface area contributed by atoms with Gasteiger partial charge in [-0.2, -0.15) is 13.2 Å². The highest BCUT2D eigenvalue weighted by molar-refractivity contribution is 7.98. The predicted octanol–water partition coefficient (Wildman–Crippen LogP) is 6.35. The van der Waals surface area contributed by atoms with E-state index in [1.165, 1.54) is 24.3 Å². The summed E-state index contributed by atoms with van der Waals surface area (Å²) in [5, 5.41) is 9.35. The normalized spacial score (nSPS) is 11.7. The fraction of sp³-hybridized carbons (Fsp3) is 0.318. The number of hydrogen-bond acceptors (Lipinski definition) is 6. The summed E-state index contributed by atoms with van der Waals surface area (Å²) in [7, 11) is 0. The van der Waals surface area contributed by atoms with E-state index in [4.69, 9.17) is 14.6 Å². The molecule has 9 heteroatoms. The molecule has 0 aliphatic rings. The highest BCUT2D eigenvalue weighted by Gasteiger charge is 2.32. The molecule has 1 N–H and O–H groups in total. The summed E-state index contributed by atoms with van der Waals surface area (Å²) in [6.45, 7) is 4.90. The predicted molar refractivity (Wildman–Crippen MR) is 116 cm³/mol. The van der Waals surface area contributed by atoms with E-state index in [2.05, 4.69) is 4.98 Å². The van der Waals surface area contributed by atoms with Gasteiger partial charge < -0.3 is 14.6 Å². The molecule has 0 amide bonds. The van der Waals surface area contributed by atoms with E-state index < -0.39 is 18.5 Å². The van der Waals surface area contributed by atoms with Crippen LogP contribution in [0.25, 0.3) is 10.6 Å². The van der Waals surface area contributed by atoms with E-state index in [0.717, 1.165) is 27.1 Å². The number of nitrogens with zero attached hydrogens (tertiary/aromatic N) is 1. The second-order valence-corrected chi connectivity index (χ2v) is 9.00. The number of rotatable bonds is 8. The molecule has 0 fully saturated rings. The Bertz CT molecular complexity index is 1050. The van der Waals surface area contributed by atoms with Gasteiger partial charge in [-0.15, -0.1) is 23.1 Å². The monoisotopic (exact) mass is 469 g/mol. The average Bonchev–Trinajstić information content (AvgIpc) is 3.07. The molecule has 0 saturated heterocycles. The lowest BCUT2D eigenvalue weighted by Gasteiger charge is -2.10. The van der Waals surface area contributed by atoms with Crippen LogP contribution < -0.4 is 4.74 Å². The van der Waals surface area contributed by atoms with Gasteiger partial charge in [0, 0.05) is 21.1 Å². The van der Waals surface area contributed by atoms with Crippen molar-refractivity contribution in [1.82, 2.24) is 4.98 Å². The van der Waals surface area contributed by atoms with Crippen LogP contribution in [0.3, 0.4) is 0 Å². The van der Waals surface area contributed by atoms with Crippen molar-refractivity contribution in [3.05, 3.63) is 63.7 Å². The molecule has 4 nitrogen and oxygen atoms in total. The van der Waals surface area contributed by atoms with Gasteiger partial charge in [-0.05, 0) is 62.2 Å². The molecular formula is C22H22F3NO3S2. The molecule has 0 unspecified atom stereocenters. The molecule has 0 aliphatic heterocycles. The van der Waals surface area contributed by atoms with E-state index >= 15 is 0 Å². The lowest BCUT2D eigenvalue weighted by molar-refractivity contribution is -0.138. The Morgan fingerprint density at radius 2 is 1.84 bits per heavy atom. The van der Waals surface area contributed by atoms with Crippen molar-refractivity contribution in [2.24, 2.45) is 0 Å². The Balaban J connectivity index is 1.69. The second kappa shape index (κ2) is 10.0. The molecule has 166 valence electrons. The van der Waals surface area contributed by atoms with Crippen LogP contribution in [0.4, 0.5) is 13.2 Å². The minimum Gasteiger partial charge on any atom is -0.467 e. The number of hydrogen-bond donors (Lipinski definition) is 1. The maximum atomic E-state index is 13.0. The van der Waals surface area contributed by atoms with Crippen molar-refractivity contribution in [3.8, 4) is 16.3 Å². The van der Waals surface area contributed by atoms with E-state index in [1.54, 1.807) is 17.8 Å². The van der Waals surface area contributed by atoms with Gasteiger partial charge in [0.1, 0.15) is 17.6 Å². The molecular weight excluding hydrogens is 447 g/mol. The number of benzene rings is 2. The highest BCUT2D eigenvalue weighted by atomic mass is 32.2. The molecule has 0 saturated carbocycles. The molecule has 0 bridgehead atoms. The maximum Gasteiger partial charge on any atom is 0.416 e. The van der Waals surface area contributed by atoms with Gasteiger partial charge in [0.2, 0.25) is 0 Å². The van der Waals surface area contributed by atoms with Crippen LogP contribution >= 0.6 is 23.1 Å². The van der Waals surface area contributed by atoms with Crippen LogP contribution in [-0.4, -0.2) is 23.7 Å². The third kappa shape index (κ3) is 6.00. The maximum absolute atomic E-state index is 13.0. The molecule has 0 atom stereocenters. The molecule has 2 aromatic carbocycles. The van der Waals surface area contributed by atoms with Crippen molar-refractivity contribution in [1.29, 1.82) is 0 Å². The van der Waals surface area contributed by atoms with Gasteiger partial charge in [0.15, 0.2) is 6.79 Å². The summed E-state index contributed by atoms with van der Waals surface area (Å²) >= 11 is 3.15. The minimum absolute atomic E-state index is 0.0178. The quantitative estimate of drug-likeness (QED) is 0.237. The van der Waals surface area contributed by atoms with Crippen LogP contribution in [-0.2, 0) is 16.7 Å². The Hall–Kier alpha value is -2.07. The third-order valence-corrected chi connectivity index (χ3v) is 6.99. The Labute approximate surface area is 187 Å². The van der Waals surface area contributed by atoms with Crippen LogP contribution in [0.15, 0.2) is 41.3 Å². The average molecular weight is 470 g/mol. The molecule has 31 heavy (non-hydrogen) atoms. The molecule has 3 rings (SSSR count). The Kier molecular flexibility index (Phi) is 7.64. The topological polar surface area (TPSA) is 51.6 Å². The van der Waals surface area contributed by atoms with Crippen molar-refractivity contribution in [3.63, 3.8) is 0 Å². The summed E-state index contributed by atoms with van der Waals surface area (Å²) in [6.07, 6.45) is -4.35. The smallest absolute Gasteiger partial charge is 0.416 e. The molecule has 0 radical (unpaired) electrons. The molecule has 1 heterocycles. The largest absolute Gasteiger partial charge is 0.467 e. The summed E-state index contributed by atoms with van der Waals surface area (Å²) in [4.78, 5) is 6.71. The number of alkyl halides is 3.